The van der Waals surface area contributed by atoms with Crippen molar-refractivity contribution < 1.29 is 18.0 Å². The highest BCUT2D eigenvalue weighted by Gasteiger charge is 2.55. The molecule has 2 aromatic rings. The van der Waals surface area contributed by atoms with Crippen LogP contribution in [0.15, 0.2) is 48.7 Å². The summed E-state index contributed by atoms with van der Waals surface area (Å²) < 4.78 is 24.6. The van der Waals surface area contributed by atoms with Crippen LogP contribution in [-0.2, 0) is 21.1 Å². The van der Waals surface area contributed by atoms with E-state index in [2.05, 4.69) is 10.3 Å². The summed E-state index contributed by atoms with van der Waals surface area (Å²) in [6.45, 7) is 1.77. The maximum atomic E-state index is 12.6. The van der Waals surface area contributed by atoms with Crippen LogP contribution < -0.4 is 11.1 Å². The van der Waals surface area contributed by atoms with Crippen LogP contribution in [0.4, 0.5) is 10.6 Å². The quantitative estimate of drug-likeness (QED) is 0.731. The normalized spacial score (nSPS) is 20.4. The largest absolute Gasteiger partial charge is 0.384 e. The van der Waals surface area contributed by atoms with E-state index in [0.717, 1.165) is 16.7 Å². The molecular formula is C19H22N4O4S. The summed E-state index contributed by atoms with van der Waals surface area (Å²) in [7, 11) is -3.68. The Kier molecular flexibility index (Phi) is 5.37. The number of carbonyl (C=O) groups is 2. The molecule has 1 fully saturated rings. The lowest BCUT2D eigenvalue weighted by Gasteiger charge is -2.44. The van der Waals surface area contributed by atoms with E-state index in [1.165, 1.54) is 6.20 Å². The molecule has 0 bridgehead atoms. The Hall–Kier alpha value is -2.94. The van der Waals surface area contributed by atoms with Crippen LogP contribution in [0.2, 0.25) is 0 Å². The lowest BCUT2D eigenvalue weighted by atomic mass is 9.91. The van der Waals surface area contributed by atoms with E-state index in [9.17, 15) is 18.0 Å². The van der Waals surface area contributed by atoms with Gasteiger partial charge in [-0.05, 0) is 36.6 Å². The van der Waals surface area contributed by atoms with Gasteiger partial charge in [0, 0.05) is 12.5 Å². The number of nitrogens with one attached hydrogen (secondary N) is 1. The molecule has 0 aliphatic carbocycles. The standard InChI is InChI=1S/C19H22N4O4S/c1-12(14-6-4-3-5-7-14)22-19(25)23-17(24)15(18(23)28(2,26)27)10-13-8-9-21-16(20)11-13/h3-9,11-12,15,18H,10H2,1-2H3,(H2,20,21)(H,22,25)/t12-,15+,18-/m1/s1. The van der Waals surface area contributed by atoms with Gasteiger partial charge < -0.3 is 11.1 Å². The third kappa shape index (κ3) is 3.99. The monoisotopic (exact) mass is 402 g/mol. The van der Waals surface area contributed by atoms with Gasteiger partial charge in [0.05, 0.1) is 12.0 Å². The first-order valence-electron chi connectivity index (χ1n) is 8.76. The first-order valence-corrected chi connectivity index (χ1v) is 10.7. The van der Waals surface area contributed by atoms with Gasteiger partial charge in [0.15, 0.2) is 15.2 Å². The number of rotatable bonds is 5. The number of imide groups is 1. The molecule has 1 aliphatic rings. The number of hydrogen-bond acceptors (Lipinski definition) is 6. The summed E-state index contributed by atoms with van der Waals surface area (Å²) >= 11 is 0. The van der Waals surface area contributed by atoms with E-state index < -0.39 is 33.1 Å². The SMILES string of the molecule is C[C@@H](NC(=O)N1C(=O)[C@H](Cc2ccnc(N)c2)[C@H]1S(C)(=O)=O)c1ccccc1. The number of carbonyl (C=O) groups excluding carboxylic acids is 2. The number of benzene rings is 1. The molecule has 1 aliphatic heterocycles. The second kappa shape index (κ2) is 7.59. The van der Waals surface area contributed by atoms with Crippen LogP contribution in [-0.4, -0.2) is 41.9 Å². The molecule has 1 aromatic carbocycles. The number of aromatic nitrogens is 1. The van der Waals surface area contributed by atoms with Gasteiger partial charge in [-0.3, -0.25) is 4.79 Å². The minimum atomic E-state index is -3.68. The van der Waals surface area contributed by atoms with Crippen molar-refractivity contribution in [3.63, 3.8) is 0 Å². The number of β-lactam (4-membered cyclic amide) rings is 1. The fourth-order valence-electron chi connectivity index (χ4n) is 3.37. The van der Waals surface area contributed by atoms with Crippen LogP contribution in [0.3, 0.4) is 0 Å². The fraction of sp³-hybridized carbons (Fsp3) is 0.316. The zero-order chi connectivity index (χ0) is 20.5. The van der Waals surface area contributed by atoms with Crippen LogP contribution in [0.25, 0.3) is 0 Å². The van der Waals surface area contributed by atoms with Crippen molar-refractivity contribution >= 4 is 27.6 Å². The highest BCUT2D eigenvalue weighted by Crippen LogP contribution is 2.34. The fourth-order valence-corrected chi connectivity index (χ4v) is 4.76. The van der Waals surface area contributed by atoms with Gasteiger partial charge in [0.2, 0.25) is 5.91 Å². The van der Waals surface area contributed by atoms with Gasteiger partial charge in [-0.2, -0.15) is 0 Å². The average Bonchev–Trinajstić information content (AvgIpc) is 2.63. The number of sulfone groups is 1. The van der Waals surface area contributed by atoms with E-state index in [4.69, 9.17) is 5.73 Å². The van der Waals surface area contributed by atoms with Crippen molar-refractivity contribution in [3.05, 3.63) is 59.8 Å². The molecule has 0 saturated carbocycles. The third-order valence-corrected chi connectivity index (χ3v) is 6.17. The van der Waals surface area contributed by atoms with Crippen LogP contribution in [0.1, 0.15) is 24.1 Å². The van der Waals surface area contributed by atoms with Crippen molar-refractivity contribution in [1.82, 2.24) is 15.2 Å². The van der Waals surface area contributed by atoms with E-state index in [0.29, 0.717) is 5.56 Å². The molecule has 3 rings (SSSR count). The summed E-state index contributed by atoms with van der Waals surface area (Å²) in [5.41, 5.74) is 7.19. The summed E-state index contributed by atoms with van der Waals surface area (Å²) in [6, 6.07) is 11.4. The average molecular weight is 402 g/mol. The Bertz CT molecular complexity index is 994. The maximum absolute atomic E-state index is 12.6. The van der Waals surface area contributed by atoms with Gasteiger partial charge in [-0.1, -0.05) is 30.3 Å². The van der Waals surface area contributed by atoms with Gasteiger partial charge in [-0.15, -0.1) is 0 Å². The number of urea groups is 1. The van der Waals surface area contributed by atoms with Crippen LogP contribution >= 0.6 is 0 Å². The molecule has 3 amide bonds. The summed E-state index contributed by atoms with van der Waals surface area (Å²) in [6.07, 6.45) is 2.69. The Morgan fingerprint density at radius 2 is 1.96 bits per heavy atom. The van der Waals surface area contributed by atoms with E-state index >= 15 is 0 Å². The number of pyridine rings is 1. The molecule has 0 unspecified atom stereocenters. The molecular weight excluding hydrogens is 380 g/mol. The van der Waals surface area contributed by atoms with Gasteiger partial charge in [0.1, 0.15) is 5.82 Å². The number of nitrogen functional groups attached to an aromatic ring is 1. The van der Waals surface area contributed by atoms with E-state index in [1.54, 1.807) is 19.1 Å². The minimum Gasteiger partial charge on any atom is -0.384 e. The third-order valence-electron chi connectivity index (χ3n) is 4.75. The predicted octanol–water partition coefficient (Wildman–Crippen LogP) is 1.51. The summed E-state index contributed by atoms with van der Waals surface area (Å²) in [5, 5.41) is 1.49. The number of nitrogens with zero attached hydrogens (tertiary/aromatic N) is 2. The second-order valence-electron chi connectivity index (χ2n) is 6.91. The molecule has 3 atom stereocenters. The van der Waals surface area contributed by atoms with Crippen LogP contribution in [0.5, 0.6) is 0 Å². The van der Waals surface area contributed by atoms with E-state index in [1.807, 2.05) is 30.3 Å². The van der Waals surface area contributed by atoms with Gasteiger partial charge >= 0.3 is 6.03 Å². The second-order valence-corrected chi connectivity index (χ2v) is 9.05. The molecule has 28 heavy (non-hydrogen) atoms. The minimum absolute atomic E-state index is 0.168. The summed E-state index contributed by atoms with van der Waals surface area (Å²) in [5.74, 6) is -1.08. The molecule has 1 aromatic heterocycles. The Morgan fingerprint density at radius 3 is 2.57 bits per heavy atom. The summed E-state index contributed by atoms with van der Waals surface area (Å²) in [4.78, 5) is 29.9. The predicted molar refractivity (Wildman–Crippen MR) is 105 cm³/mol. The first kappa shape index (κ1) is 19.8. The number of anilines is 1. The molecule has 8 nitrogen and oxygen atoms in total. The number of hydrogen-bond donors (Lipinski definition) is 2. The van der Waals surface area contributed by atoms with Crippen molar-refractivity contribution in [1.29, 1.82) is 0 Å². The Labute approximate surface area is 163 Å². The Morgan fingerprint density at radius 1 is 1.29 bits per heavy atom. The first-order chi connectivity index (χ1) is 13.2. The Balaban J connectivity index is 1.77. The maximum Gasteiger partial charge on any atom is 0.325 e. The number of nitrogens with two attached hydrogens (primary N) is 1. The zero-order valence-electron chi connectivity index (χ0n) is 15.6. The molecule has 148 valence electrons. The molecule has 3 N–H and O–H groups in total. The highest BCUT2D eigenvalue weighted by molar-refractivity contribution is 7.91. The topological polar surface area (TPSA) is 122 Å². The van der Waals surface area contributed by atoms with E-state index in [-0.39, 0.29) is 18.3 Å². The van der Waals surface area contributed by atoms with Crippen molar-refractivity contribution in [2.24, 2.45) is 5.92 Å². The zero-order valence-corrected chi connectivity index (χ0v) is 16.4. The van der Waals surface area contributed by atoms with Gasteiger partial charge in [0.25, 0.3) is 0 Å². The molecule has 2 heterocycles. The number of amides is 3. The molecule has 0 radical (unpaired) electrons. The van der Waals surface area contributed by atoms with Crippen LogP contribution in [0, 0.1) is 5.92 Å². The van der Waals surface area contributed by atoms with Crippen molar-refractivity contribution in [2.45, 2.75) is 24.8 Å². The smallest absolute Gasteiger partial charge is 0.325 e. The highest BCUT2D eigenvalue weighted by atomic mass is 32.2. The molecule has 1 saturated heterocycles. The van der Waals surface area contributed by atoms with Crippen molar-refractivity contribution in [3.8, 4) is 0 Å². The molecule has 9 heteroatoms. The lowest BCUT2D eigenvalue weighted by molar-refractivity contribution is -0.145. The van der Waals surface area contributed by atoms with Gasteiger partial charge in [-0.25, -0.2) is 23.1 Å². The lowest BCUT2D eigenvalue weighted by Crippen LogP contribution is -2.68. The molecule has 0 spiro atoms. The number of likely N-dealkylation sites (tertiary alicyclic amines) is 1. The van der Waals surface area contributed by atoms with Crippen molar-refractivity contribution in [2.75, 3.05) is 12.0 Å².